The first kappa shape index (κ1) is 17.6. The SMILES string of the molecule is Cc1cccc(SCc2cccc(-c3ccc(C(F)(F)F)cc3)c2)c1. The molecule has 0 N–H and O–H groups in total. The molecule has 0 atom stereocenters. The van der Waals surface area contributed by atoms with Gasteiger partial charge >= 0.3 is 6.18 Å². The van der Waals surface area contributed by atoms with Crippen molar-refractivity contribution in [1.29, 1.82) is 0 Å². The second-order valence-corrected chi connectivity index (χ2v) is 6.93. The molecule has 3 aromatic carbocycles. The van der Waals surface area contributed by atoms with E-state index in [1.54, 1.807) is 11.8 Å². The van der Waals surface area contributed by atoms with Gasteiger partial charge in [0.15, 0.2) is 0 Å². The topological polar surface area (TPSA) is 0 Å². The molecule has 3 rings (SSSR count). The lowest BCUT2D eigenvalue weighted by molar-refractivity contribution is -0.137. The van der Waals surface area contributed by atoms with Crippen LogP contribution in [0.5, 0.6) is 0 Å². The Bertz CT molecular complexity index is 852. The standard InChI is InChI=1S/C21H17F3S/c1-15-4-2-7-20(12-15)25-14-16-5-3-6-18(13-16)17-8-10-19(11-9-17)21(22,23)24/h2-13H,14H2,1H3. The van der Waals surface area contributed by atoms with Crippen LogP contribution in [-0.4, -0.2) is 0 Å². The van der Waals surface area contributed by atoms with Crippen LogP contribution >= 0.6 is 11.8 Å². The third-order valence-corrected chi connectivity index (χ3v) is 4.93. The van der Waals surface area contributed by atoms with Gasteiger partial charge in [-0.1, -0.05) is 54.1 Å². The second-order valence-electron chi connectivity index (χ2n) is 5.88. The monoisotopic (exact) mass is 358 g/mol. The summed E-state index contributed by atoms with van der Waals surface area (Å²) in [6.45, 7) is 2.06. The van der Waals surface area contributed by atoms with Gasteiger partial charge in [0.25, 0.3) is 0 Å². The maximum absolute atomic E-state index is 12.7. The van der Waals surface area contributed by atoms with E-state index in [0.29, 0.717) is 0 Å². The average Bonchev–Trinajstić information content (AvgIpc) is 2.60. The number of benzene rings is 3. The minimum atomic E-state index is -4.30. The lowest BCUT2D eigenvalue weighted by atomic mass is 10.0. The molecule has 0 amide bonds. The molecule has 0 radical (unpaired) electrons. The number of hydrogen-bond donors (Lipinski definition) is 0. The van der Waals surface area contributed by atoms with Crippen LogP contribution < -0.4 is 0 Å². The Hall–Kier alpha value is -2.20. The van der Waals surface area contributed by atoms with E-state index in [1.807, 2.05) is 30.3 Å². The fourth-order valence-corrected chi connectivity index (χ4v) is 3.52. The van der Waals surface area contributed by atoms with Crippen LogP contribution in [0.15, 0.2) is 77.7 Å². The largest absolute Gasteiger partial charge is 0.416 e. The second kappa shape index (κ2) is 7.36. The summed E-state index contributed by atoms with van der Waals surface area (Å²) in [7, 11) is 0. The van der Waals surface area contributed by atoms with Crippen molar-refractivity contribution in [3.05, 3.63) is 89.5 Å². The number of thioether (sulfide) groups is 1. The molecule has 25 heavy (non-hydrogen) atoms. The minimum Gasteiger partial charge on any atom is -0.166 e. The van der Waals surface area contributed by atoms with E-state index in [2.05, 4.69) is 25.1 Å². The molecule has 0 nitrogen and oxygen atoms in total. The molecule has 0 aliphatic heterocycles. The number of hydrogen-bond acceptors (Lipinski definition) is 1. The van der Waals surface area contributed by atoms with Crippen LogP contribution in [0.1, 0.15) is 16.7 Å². The normalized spacial score (nSPS) is 11.5. The van der Waals surface area contributed by atoms with Crippen molar-refractivity contribution in [2.24, 2.45) is 0 Å². The summed E-state index contributed by atoms with van der Waals surface area (Å²) in [6.07, 6.45) is -4.30. The van der Waals surface area contributed by atoms with Crippen LogP contribution in [0.3, 0.4) is 0 Å². The zero-order valence-electron chi connectivity index (χ0n) is 13.7. The summed E-state index contributed by atoms with van der Waals surface area (Å²) < 4.78 is 38.0. The highest BCUT2D eigenvalue weighted by Crippen LogP contribution is 2.31. The number of aryl methyl sites for hydroxylation is 1. The fourth-order valence-electron chi connectivity index (χ4n) is 2.56. The maximum Gasteiger partial charge on any atom is 0.416 e. The highest BCUT2D eigenvalue weighted by molar-refractivity contribution is 7.98. The quantitative estimate of drug-likeness (QED) is 0.454. The third kappa shape index (κ3) is 4.67. The molecule has 0 saturated heterocycles. The van der Waals surface area contributed by atoms with Gasteiger partial charge in [-0.15, -0.1) is 11.8 Å². The van der Waals surface area contributed by atoms with Crippen molar-refractivity contribution in [2.75, 3.05) is 0 Å². The smallest absolute Gasteiger partial charge is 0.166 e. The average molecular weight is 358 g/mol. The number of rotatable bonds is 4. The molecule has 0 fully saturated rings. The molecule has 0 saturated carbocycles. The van der Waals surface area contributed by atoms with Crippen molar-refractivity contribution < 1.29 is 13.2 Å². The Morgan fingerprint density at radius 1 is 0.800 bits per heavy atom. The lowest BCUT2D eigenvalue weighted by Crippen LogP contribution is -2.03. The number of alkyl halides is 3. The van der Waals surface area contributed by atoms with Crippen LogP contribution in [0.25, 0.3) is 11.1 Å². The highest BCUT2D eigenvalue weighted by Gasteiger charge is 2.29. The Balaban J connectivity index is 1.75. The van der Waals surface area contributed by atoms with Crippen LogP contribution in [0.2, 0.25) is 0 Å². The van der Waals surface area contributed by atoms with Gasteiger partial charge in [0.1, 0.15) is 0 Å². The zero-order chi connectivity index (χ0) is 17.9. The van der Waals surface area contributed by atoms with Crippen molar-refractivity contribution in [2.45, 2.75) is 23.7 Å². The maximum atomic E-state index is 12.7. The van der Waals surface area contributed by atoms with Gasteiger partial charge < -0.3 is 0 Å². The summed E-state index contributed by atoms with van der Waals surface area (Å²) in [5.74, 6) is 0.817. The molecule has 128 valence electrons. The summed E-state index contributed by atoms with van der Waals surface area (Å²) in [4.78, 5) is 1.21. The molecule has 0 aromatic heterocycles. The van der Waals surface area contributed by atoms with Crippen molar-refractivity contribution >= 4 is 11.8 Å². The van der Waals surface area contributed by atoms with Crippen molar-refractivity contribution in [3.8, 4) is 11.1 Å². The molecule has 0 aliphatic carbocycles. The summed E-state index contributed by atoms with van der Waals surface area (Å²) >= 11 is 1.75. The summed E-state index contributed by atoms with van der Waals surface area (Å²) in [6, 6.07) is 21.6. The van der Waals surface area contributed by atoms with Gasteiger partial charge in [0.2, 0.25) is 0 Å². The van der Waals surface area contributed by atoms with Gasteiger partial charge in [-0.2, -0.15) is 13.2 Å². The summed E-state index contributed by atoms with van der Waals surface area (Å²) in [5, 5.41) is 0. The van der Waals surface area contributed by atoms with Gasteiger partial charge in [0.05, 0.1) is 5.56 Å². The van der Waals surface area contributed by atoms with E-state index in [9.17, 15) is 13.2 Å². The van der Waals surface area contributed by atoms with Gasteiger partial charge in [-0.25, -0.2) is 0 Å². The molecule has 4 heteroatoms. The summed E-state index contributed by atoms with van der Waals surface area (Å²) in [5.41, 5.74) is 3.46. The van der Waals surface area contributed by atoms with Crippen LogP contribution in [0, 0.1) is 6.92 Å². The third-order valence-electron chi connectivity index (χ3n) is 3.87. The predicted octanol–water partition coefficient (Wildman–Crippen LogP) is 6.97. The molecule has 3 aromatic rings. The Kier molecular flexibility index (Phi) is 5.19. The van der Waals surface area contributed by atoms with Crippen LogP contribution in [0.4, 0.5) is 13.2 Å². The minimum absolute atomic E-state index is 0.623. The Morgan fingerprint density at radius 2 is 1.52 bits per heavy atom. The molecule has 0 aliphatic rings. The van der Waals surface area contributed by atoms with E-state index < -0.39 is 11.7 Å². The predicted molar refractivity (Wildman–Crippen MR) is 97.6 cm³/mol. The lowest BCUT2D eigenvalue weighted by Gasteiger charge is -2.09. The van der Waals surface area contributed by atoms with Gasteiger partial charge in [-0.05, 0) is 47.9 Å². The molecule has 0 unspecified atom stereocenters. The van der Waals surface area contributed by atoms with E-state index >= 15 is 0 Å². The zero-order valence-corrected chi connectivity index (χ0v) is 14.5. The van der Waals surface area contributed by atoms with Gasteiger partial charge in [-0.3, -0.25) is 0 Å². The first-order chi connectivity index (χ1) is 11.9. The molecule has 0 bridgehead atoms. The molecule has 0 heterocycles. The van der Waals surface area contributed by atoms with E-state index in [1.165, 1.54) is 22.6 Å². The fraction of sp³-hybridized carbons (Fsp3) is 0.143. The molecule has 0 spiro atoms. The Morgan fingerprint density at radius 3 is 2.20 bits per heavy atom. The van der Waals surface area contributed by atoms with E-state index in [-0.39, 0.29) is 0 Å². The van der Waals surface area contributed by atoms with Crippen LogP contribution in [-0.2, 0) is 11.9 Å². The first-order valence-corrected chi connectivity index (χ1v) is 8.86. The molecular formula is C21H17F3S. The first-order valence-electron chi connectivity index (χ1n) is 7.88. The molecular weight excluding hydrogens is 341 g/mol. The van der Waals surface area contributed by atoms with Crippen molar-refractivity contribution in [1.82, 2.24) is 0 Å². The van der Waals surface area contributed by atoms with Crippen molar-refractivity contribution in [3.63, 3.8) is 0 Å². The van der Waals surface area contributed by atoms with E-state index in [0.717, 1.165) is 34.6 Å². The Labute approximate surface area is 149 Å². The number of halogens is 3. The van der Waals surface area contributed by atoms with E-state index in [4.69, 9.17) is 0 Å². The van der Waals surface area contributed by atoms with Gasteiger partial charge in [0, 0.05) is 10.6 Å². The highest BCUT2D eigenvalue weighted by atomic mass is 32.2.